The minimum absolute atomic E-state index is 0.263. The van der Waals surface area contributed by atoms with Crippen molar-refractivity contribution in [1.29, 1.82) is 0 Å². The van der Waals surface area contributed by atoms with Crippen molar-refractivity contribution < 1.29 is 8.91 Å². The zero-order valence-corrected chi connectivity index (χ0v) is 18.3. The van der Waals surface area contributed by atoms with E-state index in [1.807, 2.05) is 53.3 Å². The lowest BCUT2D eigenvalue weighted by Crippen LogP contribution is -2.38. The fourth-order valence-corrected chi connectivity index (χ4v) is 3.87. The molecule has 0 spiro atoms. The molecule has 0 atom stereocenters. The number of pyridine rings is 1. The van der Waals surface area contributed by atoms with E-state index in [1.165, 1.54) is 6.07 Å². The standard InChI is InChI=1S/C25H19FN8O/c26-20-4-1-2-5-21(20)34-23(18-10-13-27-14-11-18)22(30-32-34)25-29-24(31-35-25)19-8-6-17(7-9-19)16-33-15-3-12-28-33/h1-15,30,32H,16H2. The summed E-state index contributed by atoms with van der Waals surface area (Å²) >= 11 is 0. The van der Waals surface area contributed by atoms with Crippen molar-refractivity contribution in [2.24, 2.45) is 0 Å². The largest absolute Gasteiger partial charge is 0.332 e. The van der Waals surface area contributed by atoms with Crippen LogP contribution in [-0.2, 0) is 6.54 Å². The van der Waals surface area contributed by atoms with E-state index < -0.39 is 0 Å². The molecule has 0 amide bonds. The average molecular weight is 466 g/mol. The molecule has 9 nitrogen and oxygen atoms in total. The van der Waals surface area contributed by atoms with Gasteiger partial charge in [-0.3, -0.25) is 20.1 Å². The lowest BCUT2D eigenvalue weighted by Gasteiger charge is -2.21. The van der Waals surface area contributed by atoms with Crippen LogP contribution >= 0.6 is 0 Å². The Bertz CT molecular complexity index is 1480. The quantitative estimate of drug-likeness (QED) is 0.389. The van der Waals surface area contributed by atoms with Crippen LogP contribution < -0.4 is 16.0 Å². The minimum atomic E-state index is -0.379. The number of halogens is 1. The molecule has 10 heteroatoms. The molecule has 4 heterocycles. The number of nitrogens with one attached hydrogen (secondary N) is 2. The monoisotopic (exact) mass is 466 g/mol. The maximum Gasteiger partial charge on any atom is 0.277 e. The van der Waals surface area contributed by atoms with E-state index >= 15 is 0 Å². The number of anilines is 1. The van der Waals surface area contributed by atoms with Gasteiger partial charge in [0.05, 0.1) is 17.9 Å². The van der Waals surface area contributed by atoms with E-state index in [9.17, 15) is 4.39 Å². The molecule has 6 rings (SSSR count). The Morgan fingerprint density at radius 2 is 1.71 bits per heavy atom. The van der Waals surface area contributed by atoms with Crippen molar-refractivity contribution in [3.8, 4) is 11.4 Å². The van der Waals surface area contributed by atoms with Gasteiger partial charge in [-0.15, -0.1) is 5.53 Å². The molecule has 2 aromatic carbocycles. The number of nitrogens with zero attached hydrogens (tertiary/aromatic N) is 6. The summed E-state index contributed by atoms with van der Waals surface area (Å²) in [5, 5.41) is 10.0. The second kappa shape index (κ2) is 8.84. The topological polar surface area (TPSA) is 96.9 Å². The summed E-state index contributed by atoms with van der Waals surface area (Å²) in [4.78, 5) is 8.69. The van der Waals surface area contributed by atoms with Crippen LogP contribution in [0.4, 0.5) is 10.1 Å². The zero-order valence-electron chi connectivity index (χ0n) is 18.3. The van der Waals surface area contributed by atoms with Crippen molar-refractivity contribution in [3.05, 3.63) is 114 Å². The Morgan fingerprint density at radius 1 is 0.886 bits per heavy atom. The molecule has 2 N–H and O–H groups in total. The predicted octanol–water partition coefficient (Wildman–Crippen LogP) is 3.87. The van der Waals surface area contributed by atoms with Crippen LogP contribution in [0.3, 0.4) is 0 Å². The summed E-state index contributed by atoms with van der Waals surface area (Å²) in [6.45, 7) is 0.675. The van der Waals surface area contributed by atoms with Crippen LogP contribution in [-0.4, -0.2) is 24.9 Å². The van der Waals surface area contributed by atoms with E-state index in [2.05, 4.69) is 31.2 Å². The highest BCUT2D eigenvalue weighted by atomic mass is 19.1. The zero-order chi connectivity index (χ0) is 23.6. The Balaban J connectivity index is 1.35. The molecule has 0 aliphatic carbocycles. The highest BCUT2D eigenvalue weighted by molar-refractivity contribution is 5.96. The van der Waals surface area contributed by atoms with Crippen LogP contribution in [0.25, 0.3) is 22.8 Å². The Hall–Kier alpha value is -4.83. The number of para-hydroxylation sites is 1. The summed E-state index contributed by atoms with van der Waals surface area (Å²) in [5.41, 5.74) is 10.3. The predicted molar refractivity (Wildman–Crippen MR) is 127 cm³/mol. The molecule has 0 fully saturated rings. The summed E-state index contributed by atoms with van der Waals surface area (Å²) in [6, 6.07) is 19.9. The lowest BCUT2D eigenvalue weighted by atomic mass is 10.1. The van der Waals surface area contributed by atoms with Crippen molar-refractivity contribution in [2.75, 3.05) is 5.01 Å². The number of hydrazine groups is 2. The first-order valence-electron chi connectivity index (χ1n) is 10.9. The number of hydrogen-bond acceptors (Lipinski definition) is 8. The normalized spacial score (nSPS) is 13.3. The van der Waals surface area contributed by atoms with Crippen molar-refractivity contribution in [3.63, 3.8) is 0 Å². The second-order valence-corrected chi connectivity index (χ2v) is 7.81. The summed E-state index contributed by atoms with van der Waals surface area (Å²) in [6.07, 6.45) is 7.01. The highest BCUT2D eigenvalue weighted by Gasteiger charge is 2.30. The third-order valence-corrected chi connectivity index (χ3v) is 5.56. The lowest BCUT2D eigenvalue weighted by molar-refractivity contribution is 0.405. The number of hydrogen-bond donors (Lipinski definition) is 2. The molecule has 35 heavy (non-hydrogen) atoms. The molecule has 3 aromatic heterocycles. The van der Waals surface area contributed by atoms with E-state index in [0.717, 1.165) is 16.7 Å². The van der Waals surface area contributed by atoms with Gasteiger partial charge in [-0.1, -0.05) is 41.6 Å². The van der Waals surface area contributed by atoms with Gasteiger partial charge in [0.1, 0.15) is 11.5 Å². The maximum atomic E-state index is 14.6. The molecule has 5 aromatic rings. The first kappa shape index (κ1) is 20.8. The van der Waals surface area contributed by atoms with Crippen molar-refractivity contribution in [2.45, 2.75) is 6.54 Å². The van der Waals surface area contributed by atoms with Gasteiger partial charge in [-0.05, 0) is 35.9 Å². The van der Waals surface area contributed by atoms with Crippen molar-refractivity contribution in [1.82, 2.24) is 35.9 Å². The molecular formula is C25H19FN8O. The fraction of sp³-hybridized carbons (Fsp3) is 0.0400. The van der Waals surface area contributed by atoms with Gasteiger partial charge in [-0.25, -0.2) is 4.39 Å². The molecule has 1 aliphatic heterocycles. The molecule has 0 saturated heterocycles. The van der Waals surface area contributed by atoms with Crippen LogP contribution in [0.1, 0.15) is 17.0 Å². The Morgan fingerprint density at radius 3 is 2.49 bits per heavy atom. The summed E-state index contributed by atoms with van der Waals surface area (Å²) < 4.78 is 22.1. The third-order valence-electron chi connectivity index (χ3n) is 5.56. The van der Waals surface area contributed by atoms with Gasteiger partial charge < -0.3 is 4.52 Å². The van der Waals surface area contributed by atoms with E-state index in [1.54, 1.807) is 41.8 Å². The van der Waals surface area contributed by atoms with Crippen LogP contribution in [0.15, 0.2) is 96.0 Å². The summed E-state index contributed by atoms with van der Waals surface area (Å²) in [7, 11) is 0. The highest BCUT2D eigenvalue weighted by Crippen LogP contribution is 2.34. The van der Waals surface area contributed by atoms with Crippen LogP contribution in [0.5, 0.6) is 0 Å². The van der Waals surface area contributed by atoms with Gasteiger partial charge in [0, 0.05) is 35.9 Å². The minimum Gasteiger partial charge on any atom is -0.332 e. The molecule has 0 unspecified atom stereocenters. The third kappa shape index (κ3) is 4.02. The van der Waals surface area contributed by atoms with E-state index in [4.69, 9.17) is 4.52 Å². The number of benzene rings is 2. The smallest absolute Gasteiger partial charge is 0.277 e. The SMILES string of the molecule is Fc1ccccc1N1NNC(c2nc(-c3ccc(Cn4cccn4)cc3)no2)=C1c1ccncc1. The molecule has 1 aliphatic rings. The maximum absolute atomic E-state index is 14.6. The first-order chi connectivity index (χ1) is 17.3. The first-order valence-corrected chi connectivity index (χ1v) is 10.9. The number of aromatic nitrogens is 5. The molecule has 0 bridgehead atoms. The average Bonchev–Trinajstić information content (AvgIpc) is 3.66. The Labute approximate surface area is 199 Å². The van der Waals surface area contributed by atoms with Gasteiger partial charge in [0.25, 0.3) is 5.89 Å². The molecule has 0 radical (unpaired) electrons. The molecular weight excluding hydrogens is 447 g/mol. The van der Waals surface area contributed by atoms with E-state index in [0.29, 0.717) is 29.5 Å². The van der Waals surface area contributed by atoms with Gasteiger partial charge >= 0.3 is 0 Å². The number of rotatable bonds is 6. The van der Waals surface area contributed by atoms with Gasteiger partial charge in [-0.2, -0.15) is 10.1 Å². The van der Waals surface area contributed by atoms with Gasteiger partial charge in [0.15, 0.2) is 0 Å². The summed E-state index contributed by atoms with van der Waals surface area (Å²) in [5.74, 6) is 0.327. The Kier molecular flexibility index (Phi) is 5.24. The second-order valence-electron chi connectivity index (χ2n) is 7.81. The molecule has 0 saturated carbocycles. The van der Waals surface area contributed by atoms with Gasteiger partial charge in [0.2, 0.25) is 5.82 Å². The fourth-order valence-electron chi connectivity index (χ4n) is 3.87. The van der Waals surface area contributed by atoms with E-state index in [-0.39, 0.29) is 11.7 Å². The van der Waals surface area contributed by atoms with Crippen LogP contribution in [0, 0.1) is 5.82 Å². The molecule has 172 valence electrons. The van der Waals surface area contributed by atoms with Crippen molar-refractivity contribution >= 4 is 17.1 Å². The van der Waals surface area contributed by atoms with Crippen LogP contribution in [0.2, 0.25) is 0 Å².